The zero-order chi connectivity index (χ0) is 13.6. The monoisotopic (exact) mass is 271 g/mol. The summed E-state index contributed by atoms with van der Waals surface area (Å²) in [6.45, 7) is 13.1. The van der Waals surface area contributed by atoms with Gasteiger partial charge in [0.2, 0.25) is 0 Å². The van der Waals surface area contributed by atoms with Gasteiger partial charge >= 0.3 is 0 Å². The second-order valence-electron chi connectivity index (χ2n) is 6.52. The summed E-state index contributed by atoms with van der Waals surface area (Å²) >= 11 is 2.19. The molecule has 1 rings (SSSR count). The molecule has 0 aromatic heterocycles. The van der Waals surface area contributed by atoms with E-state index in [1.165, 1.54) is 45.1 Å². The minimum Gasteiger partial charge on any atom is -0.314 e. The van der Waals surface area contributed by atoms with Crippen molar-refractivity contribution in [3.63, 3.8) is 0 Å². The minimum absolute atomic E-state index is 0.481. The molecule has 0 spiro atoms. The van der Waals surface area contributed by atoms with E-state index in [2.05, 4.69) is 51.7 Å². The van der Waals surface area contributed by atoms with E-state index in [4.69, 9.17) is 0 Å². The van der Waals surface area contributed by atoms with Crippen LogP contribution in [0.3, 0.4) is 0 Å². The normalized spacial score (nSPS) is 33.0. The third-order valence-electron chi connectivity index (χ3n) is 4.36. The predicted octanol–water partition coefficient (Wildman–Crippen LogP) is 4.86. The zero-order valence-corrected chi connectivity index (χ0v) is 13.9. The van der Waals surface area contributed by atoms with E-state index >= 15 is 0 Å². The van der Waals surface area contributed by atoms with Crippen molar-refractivity contribution in [1.29, 1.82) is 0 Å². The largest absolute Gasteiger partial charge is 0.314 e. The molecule has 1 saturated carbocycles. The lowest BCUT2D eigenvalue weighted by atomic mass is 9.78. The highest BCUT2D eigenvalue weighted by molar-refractivity contribution is 8.01. The van der Waals surface area contributed by atoms with Crippen LogP contribution in [0.2, 0.25) is 0 Å². The van der Waals surface area contributed by atoms with Gasteiger partial charge in [-0.3, -0.25) is 0 Å². The molecule has 1 nitrogen and oxygen atoms in total. The average Bonchev–Trinajstić information content (AvgIpc) is 2.28. The lowest BCUT2D eigenvalue weighted by Crippen LogP contribution is -2.45. The minimum atomic E-state index is 0.481. The maximum atomic E-state index is 3.79. The van der Waals surface area contributed by atoms with Crippen molar-refractivity contribution in [3.05, 3.63) is 0 Å². The molecule has 0 aromatic carbocycles. The maximum absolute atomic E-state index is 3.79. The fourth-order valence-electron chi connectivity index (χ4n) is 3.11. The second-order valence-corrected chi connectivity index (χ2v) is 8.63. The van der Waals surface area contributed by atoms with E-state index < -0.39 is 0 Å². The fraction of sp³-hybridized carbons (Fsp3) is 1.00. The molecule has 1 fully saturated rings. The Morgan fingerprint density at radius 1 is 1.28 bits per heavy atom. The van der Waals surface area contributed by atoms with Crippen LogP contribution in [0, 0.1) is 5.92 Å². The molecule has 2 heteroatoms. The first kappa shape index (κ1) is 16.4. The van der Waals surface area contributed by atoms with Gasteiger partial charge in [-0.05, 0) is 43.4 Å². The van der Waals surface area contributed by atoms with Crippen LogP contribution < -0.4 is 5.32 Å². The Bertz CT molecular complexity index is 229. The van der Waals surface area contributed by atoms with Gasteiger partial charge in [-0.1, -0.05) is 47.5 Å². The molecule has 0 amide bonds. The number of unbranched alkanes of at least 4 members (excludes halogenated alkanes) is 2. The standard InChI is InChI=1S/C16H33NS/c1-6-7-8-11-17-15-10-9-14(4)16(5,12-15)18-13(2)3/h13-15,17H,6-12H2,1-5H3. The van der Waals surface area contributed by atoms with Crippen LogP contribution in [0.4, 0.5) is 0 Å². The van der Waals surface area contributed by atoms with Crippen molar-refractivity contribution >= 4 is 11.8 Å². The van der Waals surface area contributed by atoms with Gasteiger partial charge in [0.1, 0.15) is 0 Å². The van der Waals surface area contributed by atoms with E-state index in [0.29, 0.717) is 4.75 Å². The van der Waals surface area contributed by atoms with E-state index in [0.717, 1.165) is 17.2 Å². The lowest BCUT2D eigenvalue weighted by Gasteiger charge is -2.44. The highest BCUT2D eigenvalue weighted by atomic mass is 32.2. The van der Waals surface area contributed by atoms with Gasteiger partial charge in [0, 0.05) is 10.8 Å². The van der Waals surface area contributed by atoms with E-state index in [-0.39, 0.29) is 0 Å². The first-order valence-corrected chi connectivity index (χ1v) is 8.77. The van der Waals surface area contributed by atoms with Crippen LogP contribution >= 0.6 is 11.8 Å². The van der Waals surface area contributed by atoms with E-state index in [9.17, 15) is 0 Å². The summed E-state index contributed by atoms with van der Waals surface area (Å²) in [7, 11) is 0. The maximum Gasteiger partial charge on any atom is 0.0174 e. The van der Waals surface area contributed by atoms with Crippen LogP contribution in [-0.2, 0) is 0 Å². The molecule has 18 heavy (non-hydrogen) atoms. The number of hydrogen-bond acceptors (Lipinski definition) is 2. The quantitative estimate of drug-likeness (QED) is 0.664. The van der Waals surface area contributed by atoms with Crippen molar-refractivity contribution in [2.24, 2.45) is 5.92 Å². The van der Waals surface area contributed by atoms with Crippen LogP contribution in [-0.4, -0.2) is 22.6 Å². The molecule has 3 unspecified atom stereocenters. The van der Waals surface area contributed by atoms with Crippen LogP contribution in [0.1, 0.15) is 73.1 Å². The Morgan fingerprint density at radius 3 is 2.61 bits per heavy atom. The average molecular weight is 272 g/mol. The molecule has 1 aliphatic rings. The Labute approximate surface area is 119 Å². The summed E-state index contributed by atoms with van der Waals surface area (Å²) in [4.78, 5) is 0. The van der Waals surface area contributed by atoms with Crippen LogP contribution in [0.15, 0.2) is 0 Å². The van der Waals surface area contributed by atoms with Gasteiger partial charge in [-0.25, -0.2) is 0 Å². The van der Waals surface area contributed by atoms with Crippen LogP contribution in [0.5, 0.6) is 0 Å². The summed E-state index contributed by atoms with van der Waals surface area (Å²) in [6, 6.07) is 0.759. The van der Waals surface area contributed by atoms with Gasteiger partial charge in [0.25, 0.3) is 0 Å². The summed E-state index contributed by atoms with van der Waals surface area (Å²) in [6.07, 6.45) is 8.15. The molecule has 3 atom stereocenters. The van der Waals surface area contributed by atoms with Crippen molar-refractivity contribution in [2.75, 3.05) is 6.54 Å². The van der Waals surface area contributed by atoms with Crippen LogP contribution in [0.25, 0.3) is 0 Å². The van der Waals surface area contributed by atoms with Gasteiger partial charge in [-0.2, -0.15) is 11.8 Å². The molecule has 1 aliphatic carbocycles. The Hall–Kier alpha value is 0.310. The topological polar surface area (TPSA) is 12.0 Å². The van der Waals surface area contributed by atoms with Crippen molar-refractivity contribution in [1.82, 2.24) is 5.32 Å². The van der Waals surface area contributed by atoms with Crippen molar-refractivity contribution in [2.45, 2.75) is 89.2 Å². The highest BCUT2D eigenvalue weighted by Gasteiger charge is 2.38. The first-order valence-electron chi connectivity index (χ1n) is 7.89. The van der Waals surface area contributed by atoms with Gasteiger partial charge in [0.05, 0.1) is 0 Å². The van der Waals surface area contributed by atoms with E-state index in [1.807, 2.05) is 0 Å². The third kappa shape index (κ3) is 5.13. The number of nitrogens with one attached hydrogen (secondary N) is 1. The molecule has 0 bridgehead atoms. The lowest BCUT2D eigenvalue weighted by molar-refractivity contribution is 0.253. The van der Waals surface area contributed by atoms with E-state index in [1.54, 1.807) is 0 Å². The molecular formula is C16H33NS. The van der Waals surface area contributed by atoms with Gasteiger partial charge in [-0.15, -0.1) is 0 Å². The number of rotatable bonds is 7. The third-order valence-corrected chi connectivity index (χ3v) is 5.94. The SMILES string of the molecule is CCCCCNC1CCC(C)C(C)(SC(C)C)C1. The summed E-state index contributed by atoms with van der Waals surface area (Å²) in [5.41, 5.74) is 0. The van der Waals surface area contributed by atoms with Crippen molar-refractivity contribution < 1.29 is 0 Å². The smallest absolute Gasteiger partial charge is 0.0174 e. The van der Waals surface area contributed by atoms with Crippen molar-refractivity contribution in [3.8, 4) is 0 Å². The van der Waals surface area contributed by atoms with Gasteiger partial charge in [0.15, 0.2) is 0 Å². The zero-order valence-electron chi connectivity index (χ0n) is 13.1. The molecule has 0 radical (unpaired) electrons. The molecular weight excluding hydrogens is 238 g/mol. The predicted molar refractivity (Wildman–Crippen MR) is 85.5 cm³/mol. The fourth-order valence-corrected chi connectivity index (χ4v) is 4.83. The molecule has 0 saturated heterocycles. The Balaban J connectivity index is 2.39. The first-order chi connectivity index (χ1) is 8.48. The Morgan fingerprint density at radius 2 is 2.00 bits per heavy atom. The molecule has 108 valence electrons. The highest BCUT2D eigenvalue weighted by Crippen LogP contribution is 2.45. The Kier molecular flexibility index (Phi) is 7.08. The summed E-state index contributed by atoms with van der Waals surface area (Å²) in [5.74, 6) is 0.860. The molecule has 0 heterocycles. The van der Waals surface area contributed by atoms with Gasteiger partial charge < -0.3 is 5.32 Å². The molecule has 0 aliphatic heterocycles. The molecule has 1 N–H and O–H groups in total. The number of thioether (sulfide) groups is 1. The number of hydrogen-bond donors (Lipinski definition) is 1. The second kappa shape index (κ2) is 7.79. The molecule has 0 aromatic rings. The summed E-state index contributed by atoms with van der Waals surface area (Å²) in [5, 5.41) is 4.54. The summed E-state index contributed by atoms with van der Waals surface area (Å²) < 4.78 is 0.481.